The van der Waals surface area contributed by atoms with Crippen molar-refractivity contribution in [3.63, 3.8) is 0 Å². The van der Waals surface area contributed by atoms with E-state index in [9.17, 15) is 52.7 Å². The number of hydrogen-bond donors (Lipinski definition) is 2. The summed E-state index contributed by atoms with van der Waals surface area (Å²) >= 11 is 6.15. The Morgan fingerprint density at radius 1 is 0.902 bits per heavy atom. The van der Waals surface area contributed by atoms with Crippen molar-refractivity contribution in [2.75, 3.05) is 17.8 Å². The van der Waals surface area contributed by atoms with Crippen molar-refractivity contribution in [1.82, 2.24) is 5.48 Å². The van der Waals surface area contributed by atoms with Gasteiger partial charge < -0.3 is 5.32 Å². The van der Waals surface area contributed by atoms with Gasteiger partial charge in [0.05, 0.1) is 27.5 Å². The highest BCUT2D eigenvalue weighted by Gasteiger charge is 2.60. The van der Waals surface area contributed by atoms with Crippen molar-refractivity contribution in [2.24, 2.45) is 0 Å². The van der Waals surface area contributed by atoms with Crippen LogP contribution in [0, 0.1) is 0 Å². The van der Waals surface area contributed by atoms with E-state index in [2.05, 4.69) is 10.2 Å². The van der Waals surface area contributed by atoms with Gasteiger partial charge in [0.25, 0.3) is 5.91 Å². The largest absolute Gasteiger partial charge is 0.428 e. The molecule has 18 heteroatoms. The molecule has 0 aliphatic carbocycles. The topological polar surface area (TPSA) is 84.5 Å². The van der Waals surface area contributed by atoms with Crippen molar-refractivity contribution < 1.29 is 57.6 Å². The average molecular weight is 657 g/mol. The van der Waals surface area contributed by atoms with Gasteiger partial charge in [-0.1, -0.05) is 17.7 Å². The second-order valence-electron chi connectivity index (χ2n) is 8.79. The highest BCUT2D eigenvalue weighted by molar-refractivity contribution is 8.04. The predicted molar refractivity (Wildman–Crippen MR) is 133 cm³/mol. The molecule has 0 bridgehead atoms. The second kappa shape index (κ2) is 10.9. The summed E-state index contributed by atoms with van der Waals surface area (Å²) in [6, 6.07) is 2.72. The fraction of sp³-hybridized carbons (Fsp3) is 0.348. The molecule has 41 heavy (non-hydrogen) atoms. The van der Waals surface area contributed by atoms with E-state index in [-0.39, 0.29) is 40.5 Å². The molecular weight excluding hydrogens is 639 g/mol. The first-order chi connectivity index (χ1) is 18.5. The highest BCUT2D eigenvalue weighted by Crippen LogP contribution is 2.49. The molecule has 0 fully saturated rings. The van der Waals surface area contributed by atoms with Crippen LogP contribution >= 0.6 is 11.6 Å². The molecule has 0 spiro atoms. The zero-order valence-corrected chi connectivity index (χ0v) is 23.2. The molecule has 0 saturated heterocycles. The number of anilines is 1. The number of rotatable bonds is 6. The lowest BCUT2D eigenvalue weighted by Gasteiger charge is -2.29. The van der Waals surface area contributed by atoms with Gasteiger partial charge in [0, 0.05) is 45.2 Å². The number of amides is 1. The van der Waals surface area contributed by atoms with E-state index in [4.69, 9.17) is 11.6 Å². The Hall–Kier alpha value is -2.63. The van der Waals surface area contributed by atoms with Gasteiger partial charge in [-0.05, 0) is 43.3 Å². The number of nitrogens with one attached hydrogen (secondary N) is 2. The van der Waals surface area contributed by atoms with Crippen LogP contribution < -0.4 is 10.8 Å². The van der Waals surface area contributed by atoms with Crippen LogP contribution in [-0.4, -0.2) is 37.1 Å². The molecule has 1 heterocycles. The SMILES string of the molecule is CS(=O)C(C)(C(=O)Nc1ccc(C2=CC(c3cc(C(F)(F)F)cc(C(F)(F)F)c3)(C(F)(F)F)ON2)cc1Cl)S(C)=O. The molecule has 3 rings (SSSR count). The summed E-state index contributed by atoms with van der Waals surface area (Å²) in [6.07, 6.45) is -13.8. The zero-order chi connectivity index (χ0) is 31.3. The molecule has 6 nitrogen and oxygen atoms in total. The molecule has 2 aromatic rings. The first kappa shape index (κ1) is 32.9. The van der Waals surface area contributed by atoms with Crippen LogP contribution in [0.2, 0.25) is 5.02 Å². The molecular formula is C23H18ClF9N2O4S2. The van der Waals surface area contributed by atoms with Gasteiger partial charge in [0.1, 0.15) is 0 Å². The maximum Gasteiger partial charge on any atom is 0.428 e. The van der Waals surface area contributed by atoms with E-state index in [1.54, 1.807) is 0 Å². The summed E-state index contributed by atoms with van der Waals surface area (Å²) in [6.45, 7) is 1.18. The Bertz CT molecular complexity index is 1410. The molecule has 2 aromatic carbocycles. The molecule has 1 aliphatic rings. The van der Waals surface area contributed by atoms with E-state index in [0.29, 0.717) is 0 Å². The Morgan fingerprint density at radius 3 is 1.83 bits per heavy atom. The van der Waals surface area contributed by atoms with Crippen molar-refractivity contribution in [3.8, 4) is 0 Å². The van der Waals surface area contributed by atoms with Crippen LogP contribution in [0.25, 0.3) is 5.70 Å². The minimum Gasteiger partial charge on any atom is -0.323 e. The lowest BCUT2D eigenvalue weighted by Crippen LogP contribution is -2.47. The van der Waals surface area contributed by atoms with Gasteiger partial charge in [0.15, 0.2) is 4.08 Å². The summed E-state index contributed by atoms with van der Waals surface area (Å²) in [7, 11) is -3.81. The van der Waals surface area contributed by atoms with Crippen LogP contribution in [-0.2, 0) is 49.2 Å². The Morgan fingerprint density at radius 2 is 1.41 bits per heavy atom. The third-order valence-electron chi connectivity index (χ3n) is 6.15. The van der Waals surface area contributed by atoms with Gasteiger partial charge >= 0.3 is 18.5 Å². The fourth-order valence-electron chi connectivity index (χ4n) is 3.60. The number of hydrogen-bond acceptors (Lipinski definition) is 5. The number of carbonyl (C=O) groups excluding carboxylic acids is 1. The van der Waals surface area contributed by atoms with Crippen molar-refractivity contribution in [1.29, 1.82) is 0 Å². The summed E-state index contributed by atoms with van der Waals surface area (Å²) < 4.78 is 145. The molecule has 0 radical (unpaired) electrons. The minimum atomic E-state index is -5.55. The maximum atomic E-state index is 14.3. The normalized spacial score (nSPS) is 21.0. The second-order valence-corrected chi connectivity index (χ2v) is 12.9. The fourth-order valence-corrected chi connectivity index (χ4v) is 5.78. The quantitative estimate of drug-likeness (QED) is 0.366. The number of benzene rings is 2. The Balaban J connectivity index is 2.09. The molecule has 0 saturated carbocycles. The van der Waals surface area contributed by atoms with E-state index in [1.165, 1.54) is 6.92 Å². The summed E-state index contributed by atoms with van der Waals surface area (Å²) in [4.78, 5) is 17.3. The van der Waals surface area contributed by atoms with Crippen LogP contribution in [0.15, 0.2) is 42.5 Å². The highest BCUT2D eigenvalue weighted by atomic mass is 35.5. The molecule has 226 valence electrons. The monoisotopic (exact) mass is 656 g/mol. The van der Waals surface area contributed by atoms with Gasteiger partial charge in [-0.2, -0.15) is 39.5 Å². The molecule has 0 aromatic heterocycles. The minimum absolute atomic E-state index is 0.0954. The van der Waals surface area contributed by atoms with Crippen LogP contribution in [0.4, 0.5) is 45.2 Å². The Labute approximate surface area is 236 Å². The lowest BCUT2D eigenvalue weighted by molar-refractivity contribution is -0.269. The third kappa shape index (κ3) is 6.27. The lowest BCUT2D eigenvalue weighted by atomic mass is 9.88. The van der Waals surface area contributed by atoms with Crippen LogP contribution in [0.5, 0.6) is 0 Å². The van der Waals surface area contributed by atoms with Crippen molar-refractivity contribution >= 4 is 50.5 Å². The summed E-state index contributed by atoms with van der Waals surface area (Å²) in [5.41, 5.74) is -8.17. The smallest absolute Gasteiger partial charge is 0.323 e. The predicted octanol–water partition coefficient (Wildman–Crippen LogP) is 6.12. The third-order valence-corrected chi connectivity index (χ3v) is 10.4. The summed E-state index contributed by atoms with van der Waals surface area (Å²) in [5.74, 6) is -0.948. The first-order valence-electron chi connectivity index (χ1n) is 10.9. The van der Waals surface area contributed by atoms with E-state index < -0.39 is 78.1 Å². The molecule has 2 N–H and O–H groups in total. The Kier molecular flexibility index (Phi) is 8.73. The number of hydroxylamine groups is 1. The van der Waals surface area contributed by atoms with Crippen LogP contribution in [0.3, 0.4) is 0 Å². The molecule has 1 amide bonds. The van der Waals surface area contributed by atoms with Crippen molar-refractivity contribution in [3.05, 3.63) is 69.8 Å². The number of carbonyl (C=O) groups is 1. The molecule has 3 unspecified atom stereocenters. The number of alkyl halides is 9. The summed E-state index contributed by atoms with van der Waals surface area (Å²) in [5, 5.41) is 2.03. The van der Waals surface area contributed by atoms with Crippen LogP contribution in [0.1, 0.15) is 29.2 Å². The van der Waals surface area contributed by atoms with E-state index in [1.807, 2.05) is 5.48 Å². The average Bonchev–Trinajstić information content (AvgIpc) is 3.30. The van der Waals surface area contributed by atoms with E-state index in [0.717, 1.165) is 30.7 Å². The van der Waals surface area contributed by atoms with Gasteiger partial charge in [-0.3, -0.25) is 23.5 Å². The van der Waals surface area contributed by atoms with Gasteiger partial charge in [-0.25, -0.2) is 0 Å². The molecule has 1 aliphatic heterocycles. The zero-order valence-electron chi connectivity index (χ0n) is 20.8. The van der Waals surface area contributed by atoms with Crippen molar-refractivity contribution in [2.45, 2.75) is 35.1 Å². The molecule has 3 atom stereocenters. The maximum absolute atomic E-state index is 14.3. The van der Waals surface area contributed by atoms with Gasteiger partial charge in [0.2, 0.25) is 5.60 Å². The first-order valence-corrected chi connectivity index (χ1v) is 14.4. The standard InChI is InChI=1S/C23H18ClF9N2O4S2/c1-19(40(2)37,41(3)38)18(36)34-16-5-4-11(6-15(16)24)17-10-20(39-35-17,23(31,32)33)12-7-13(21(25,26)27)9-14(8-12)22(28,29)30/h4-10,35H,1-3H3,(H,34,36). The van der Waals surface area contributed by atoms with Gasteiger partial charge in [-0.15, -0.1) is 0 Å². The van der Waals surface area contributed by atoms with E-state index >= 15 is 0 Å². The number of halogens is 10.